The van der Waals surface area contributed by atoms with Crippen LogP contribution < -0.4 is 5.32 Å². The van der Waals surface area contributed by atoms with Crippen molar-refractivity contribution in [2.75, 3.05) is 19.8 Å². The molecule has 2 heterocycles. The molecule has 0 unspecified atom stereocenters. The molecule has 1 amide bonds. The summed E-state index contributed by atoms with van der Waals surface area (Å²) in [5.74, 6) is 1.06. The number of amides is 1. The summed E-state index contributed by atoms with van der Waals surface area (Å²) in [6.45, 7) is 2.85. The molecule has 0 bridgehead atoms. The second kappa shape index (κ2) is 8.69. The number of ether oxygens (including phenoxy) is 1. The number of furan rings is 1. The minimum atomic E-state index is 0.0113. The van der Waals surface area contributed by atoms with Gasteiger partial charge in [0, 0.05) is 25.8 Å². The molecule has 1 saturated heterocycles. The number of nitrogens with one attached hydrogen (secondary N) is 1. The van der Waals surface area contributed by atoms with Gasteiger partial charge in [-0.2, -0.15) is 0 Å². The first-order valence-corrected chi connectivity index (χ1v) is 8.59. The molecular weight excluding hydrogens is 320 g/mol. The molecule has 3 rings (SSSR count). The number of benzene rings is 1. The third-order valence-corrected chi connectivity index (χ3v) is 4.26. The van der Waals surface area contributed by atoms with Gasteiger partial charge in [0.15, 0.2) is 0 Å². The van der Waals surface area contributed by atoms with Crippen LogP contribution in [0.5, 0.6) is 5.75 Å². The quantitative estimate of drug-likeness (QED) is 0.806. The lowest BCUT2D eigenvalue weighted by atomic mass is 10.1. The molecule has 1 aliphatic heterocycles. The van der Waals surface area contributed by atoms with Gasteiger partial charge in [-0.25, -0.2) is 0 Å². The Bertz CT molecular complexity index is 649. The van der Waals surface area contributed by atoms with Crippen molar-refractivity contribution >= 4 is 5.91 Å². The highest BCUT2D eigenvalue weighted by Crippen LogP contribution is 2.14. The van der Waals surface area contributed by atoms with Gasteiger partial charge < -0.3 is 19.6 Å². The number of hydrogen-bond acceptors (Lipinski definition) is 5. The zero-order valence-electron chi connectivity index (χ0n) is 14.2. The Labute approximate surface area is 147 Å². The van der Waals surface area contributed by atoms with Crippen LogP contribution in [0.25, 0.3) is 0 Å². The van der Waals surface area contributed by atoms with Gasteiger partial charge in [-0.3, -0.25) is 9.69 Å². The van der Waals surface area contributed by atoms with Crippen molar-refractivity contribution in [3.05, 3.63) is 54.0 Å². The maximum atomic E-state index is 12.4. The minimum absolute atomic E-state index is 0.0113. The van der Waals surface area contributed by atoms with E-state index in [0.717, 1.165) is 24.2 Å². The lowest BCUT2D eigenvalue weighted by molar-refractivity contribution is -0.123. The smallest absolute Gasteiger partial charge is 0.234 e. The molecule has 0 radical (unpaired) electrons. The fraction of sp³-hybridized carbons (Fsp3) is 0.421. The molecule has 134 valence electrons. The number of carbonyl (C=O) groups is 1. The zero-order chi connectivity index (χ0) is 17.5. The van der Waals surface area contributed by atoms with E-state index in [-0.39, 0.29) is 17.7 Å². The summed E-state index contributed by atoms with van der Waals surface area (Å²) >= 11 is 0. The highest BCUT2D eigenvalue weighted by Gasteiger charge is 2.19. The molecule has 2 aromatic rings. The number of phenols is 1. The Balaban J connectivity index is 1.60. The predicted octanol–water partition coefficient (Wildman–Crippen LogP) is 2.28. The summed E-state index contributed by atoms with van der Waals surface area (Å²) in [7, 11) is 0. The van der Waals surface area contributed by atoms with E-state index >= 15 is 0 Å². The topological polar surface area (TPSA) is 74.9 Å². The van der Waals surface area contributed by atoms with E-state index in [1.807, 2.05) is 29.2 Å². The predicted molar refractivity (Wildman–Crippen MR) is 92.9 cm³/mol. The SMILES string of the molecule is O=C(CN(Cc1ccc(O)cc1)Cc1ccco1)NC1CCOCC1. The van der Waals surface area contributed by atoms with Crippen LogP contribution in [0, 0.1) is 0 Å². The number of hydrogen-bond donors (Lipinski definition) is 2. The van der Waals surface area contributed by atoms with Crippen molar-refractivity contribution < 1.29 is 19.1 Å². The lowest BCUT2D eigenvalue weighted by Crippen LogP contribution is -2.43. The minimum Gasteiger partial charge on any atom is -0.508 e. The normalized spacial score (nSPS) is 15.4. The maximum Gasteiger partial charge on any atom is 0.234 e. The Morgan fingerprint density at radius 2 is 1.92 bits per heavy atom. The highest BCUT2D eigenvalue weighted by molar-refractivity contribution is 5.78. The van der Waals surface area contributed by atoms with Gasteiger partial charge in [-0.05, 0) is 42.7 Å². The number of phenolic OH excluding ortho intramolecular Hbond substituents is 1. The van der Waals surface area contributed by atoms with E-state index in [4.69, 9.17) is 9.15 Å². The molecule has 6 nitrogen and oxygen atoms in total. The van der Waals surface area contributed by atoms with E-state index in [0.29, 0.717) is 32.8 Å². The fourth-order valence-corrected chi connectivity index (χ4v) is 2.97. The largest absolute Gasteiger partial charge is 0.508 e. The van der Waals surface area contributed by atoms with Crippen molar-refractivity contribution in [2.45, 2.75) is 32.0 Å². The number of nitrogens with zero attached hydrogens (tertiary/aromatic N) is 1. The molecule has 25 heavy (non-hydrogen) atoms. The van der Waals surface area contributed by atoms with Gasteiger partial charge in [0.05, 0.1) is 19.4 Å². The van der Waals surface area contributed by atoms with Gasteiger partial charge >= 0.3 is 0 Å². The maximum absolute atomic E-state index is 12.4. The first kappa shape index (κ1) is 17.5. The second-order valence-corrected chi connectivity index (χ2v) is 6.35. The lowest BCUT2D eigenvalue weighted by Gasteiger charge is -2.26. The molecular formula is C19H24N2O4. The number of carbonyl (C=O) groups excluding carboxylic acids is 1. The molecule has 1 fully saturated rings. The molecule has 0 spiro atoms. The summed E-state index contributed by atoms with van der Waals surface area (Å²) in [6, 6.07) is 11.0. The third-order valence-electron chi connectivity index (χ3n) is 4.26. The zero-order valence-corrected chi connectivity index (χ0v) is 14.2. The van der Waals surface area contributed by atoms with Crippen LogP contribution in [0.2, 0.25) is 0 Å². The van der Waals surface area contributed by atoms with Crippen LogP contribution in [0.1, 0.15) is 24.2 Å². The second-order valence-electron chi connectivity index (χ2n) is 6.35. The van der Waals surface area contributed by atoms with Crippen molar-refractivity contribution in [3.8, 4) is 5.75 Å². The van der Waals surface area contributed by atoms with Crippen LogP contribution in [0.15, 0.2) is 47.1 Å². The number of rotatable bonds is 7. The van der Waals surface area contributed by atoms with Crippen LogP contribution in [-0.2, 0) is 22.6 Å². The van der Waals surface area contributed by atoms with Crippen LogP contribution >= 0.6 is 0 Å². The average molecular weight is 344 g/mol. The average Bonchev–Trinajstić information content (AvgIpc) is 3.10. The van der Waals surface area contributed by atoms with E-state index < -0.39 is 0 Å². The molecule has 0 atom stereocenters. The van der Waals surface area contributed by atoms with Crippen molar-refractivity contribution in [1.82, 2.24) is 10.2 Å². The molecule has 0 saturated carbocycles. The summed E-state index contributed by atoms with van der Waals surface area (Å²) < 4.78 is 10.7. The van der Waals surface area contributed by atoms with Crippen molar-refractivity contribution in [3.63, 3.8) is 0 Å². The first-order valence-electron chi connectivity index (χ1n) is 8.59. The van der Waals surface area contributed by atoms with Gasteiger partial charge in [0.1, 0.15) is 11.5 Å². The summed E-state index contributed by atoms with van der Waals surface area (Å²) in [5.41, 5.74) is 1.03. The first-order chi connectivity index (χ1) is 12.2. The molecule has 1 aromatic heterocycles. The van der Waals surface area contributed by atoms with E-state index in [2.05, 4.69) is 5.32 Å². The molecule has 1 aromatic carbocycles. The highest BCUT2D eigenvalue weighted by atomic mass is 16.5. The summed E-state index contributed by atoms with van der Waals surface area (Å²) in [4.78, 5) is 14.5. The molecule has 0 aliphatic carbocycles. The van der Waals surface area contributed by atoms with Gasteiger partial charge in [0.25, 0.3) is 0 Å². The Morgan fingerprint density at radius 3 is 2.60 bits per heavy atom. The summed E-state index contributed by atoms with van der Waals surface area (Å²) in [6.07, 6.45) is 3.36. The van der Waals surface area contributed by atoms with E-state index in [1.165, 1.54) is 0 Å². The van der Waals surface area contributed by atoms with Crippen molar-refractivity contribution in [1.29, 1.82) is 0 Å². The van der Waals surface area contributed by atoms with Gasteiger partial charge in [0.2, 0.25) is 5.91 Å². The van der Waals surface area contributed by atoms with Crippen molar-refractivity contribution in [2.24, 2.45) is 0 Å². The molecule has 2 N–H and O–H groups in total. The number of aromatic hydroxyl groups is 1. The Hall–Kier alpha value is -2.31. The fourth-order valence-electron chi connectivity index (χ4n) is 2.97. The molecule has 6 heteroatoms. The Morgan fingerprint density at radius 1 is 1.16 bits per heavy atom. The van der Waals surface area contributed by atoms with Gasteiger partial charge in [-0.1, -0.05) is 12.1 Å². The van der Waals surface area contributed by atoms with Crippen LogP contribution in [0.4, 0.5) is 0 Å². The van der Waals surface area contributed by atoms with Gasteiger partial charge in [-0.15, -0.1) is 0 Å². The standard InChI is InChI=1S/C19H24N2O4/c22-17-5-3-15(4-6-17)12-21(13-18-2-1-9-25-18)14-19(23)20-16-7-10-24-11-8-16/h1-6,9,16,22H,7-8,10-14H2,(H,20,23). The Kier molecular flexibility index (Phi) is 6.09. The van der Waals surface area contributed by atoms with Crippen LogP contribution in [0.3, 0.4) is 0 Å². The monoisotopic (exact) mass is 344 g/mol. The van der Waals surface area contributed by atoms with E-state index in [9.17, 15) is 9.90 Å². The van der Waals surface area contributed by atoms with Crippen LogP contribution in [-0.4, -0.2) is 41.7 Å². The third kappa shape index (κ3) is 5.62. The van der Waals surface area contributed by atoms with E-state index in [1.54, 1.807) is 18.4 Å². The molecule has 1 aliphatic rings. The summed E-state index contributed by atoms with van der Waals surface area (Å²) in [5, 5.41) is 12.5.